The molecule has 1 heterocycles. The van der Waals surface area contributed by atoms with Crippen molar-refractivity contribution >= 4 is 46.2 Å². The maximum atomic E-state index is 12.6. The van der Waals surface area contributed by atoms with Gasteiger partial charge in [0.05, 0.1) is 4.91 Å². The zero-order valence-electron chi connectivity index (χ0n) is 16.2. The number of allylic oxidation sites excluding steroid dienone is 2. The number of nitrogens with zero attached hydrogens (tertiary/aromatic N) is 1. The van der Waals surface area contributed by atoms with E-state index in [1.54, 1.807) is 4.90 Å². The predicted molar refractivity (Wildman–Crippen MR) is 117 cm³/mol. The van der Waals surface area contributed by atoms with Crippen LogP contribution in [-0.2, 0) is 9.59 Å². The third kappa shape index (κ3) is 6.96. The Morgan fingerprint density at radius 3 is 2.56 bits per heavy atom. The van der Waals surface area contributed by atoms with Crippen molar-refractivity contribution < 1.29 is 9.59 Å². The molecule has 1 aromatic rings. The van der Waals surface area contributed by atoms with Gasteiger partial charge in [0.2, 0.25) is 5.91 Å². The Labute approximate surface area is 171 Å². The van der Waals surface area contributed by atoms with Crippen LogP contribution < -0.4 is 5.32 Å². The molecule has 0 radical (unpaired) electrons. The standard InChI is InChI=1S/C21H26N2O2S2/c1-15(13-16-9-6-5-7-10-16)14-17-19(25)23(20(26)27-17)12-8-11-18(24)22-21(2,3)4/h5-7,9-10,13-14H,8,11-12H2,1-4H3,(H,22,24). The summed E-state index contributed by atoms with van der Waals surface area (Å²) < 4.78 is 0.551. The molecule has 0 spiro atoms. The number of thioether (sulfide) groups is 1. The summed E-state index contributed by atoms with van der Waals surface area (Å²) in [6.45, 7) is 8.27. The van der Waals surface area contributed by atoms with E-state index >= 15 is 0 Å². The van der Waals surface area contributed by atoms with Crippen LogP contribution in [-0.4, -0.2) is 33.1 Å². The van der Waals surface area contributed by atoms with Crippen LogP contribution in [0.3, 0.4) is 0 Å². The van der Waals surface area contributed by atoms with E-state index in [2.05, 4.69) is 5.32 Å². The van der Waals surface area contributed by atoms with Crippen molar-refractivity contribution in [1.29, 1.82) is 0 Å². The van der Waals surface area contributed by atoms with Gasteiger partial charge in [-0.15, -0.1) is 0 Å². The maximum absolute atomic E-state index is 12.6. The van der Waals surface area contributed by atoms with Crippen molar-refractivity contribution in [3.05, 3.63) is 52.4 Å². The molecule has 4 nitrogen and oxygen atoms in total. The first-order valence-corrected chi connectivity index (χ1v) is 10.2. The number of amides is 2. The lowest BCUT2D eigenvalue weighted by Crippen LogP contribution is -2.40. The van der Waals surface area contributed by atoms with E-state index < -0.39 is 0 Å². The van der Waals surface area contributed by atoms with Crippen LogP contribution in [0.4, 0.5) is 0 Å². The lowest BCUT2D eigenvalue weighted by Gasteiger charge is -2.21. The third-order valence-electron chi connectivity index (χ3n) is 3.73. The maximum Gasteiger partial charge on any atom is 0.266 e. The van der Waals surface area contributed by atoms with E-state index in [1.165, 1.54) is 11.8 Å². The molecular weight excluding hydrogens is 376 g/mol. The lowest BCUT2D eigenvalue weighted by molar-refractivity contribution is -0.124. The molecule has 1 saturated heterocycles. The van der Waals surface area contributed by atoms with E-state index in [1.807, 2.05) is 70.2 Å². The Kier molecular flexibility index (Phi) is 7.39. The normalized spacial score (nSPS) is 17.0. The predicted octanol–water partition coefficient (Wildman–Crippen LogP) is 4.53. The highest BCUT2D eigenvalue weighted by Gasteiger charge is 2.31. The monoisotopic (exact) mass is 402 g/mol. The molecule has 0 saturated carbocycles. The average molecular weight is 403 g/mol. The molecule has 2 amide bonds. The minimum absolute atomic E-state index is 0.00915. The highest BCUT2D eigenvalue weighted by atomic mass is 32.2. The highest BCUT2D eigenvalue weighted by molar-refractivity contribution is 8.26. The summed E-state index contributed by atoms with van der Waals surface area (Å²) in [5.41, 5.74) is 1.84. The van der Waals surface area contributed by atoms with Crippen molar-refractivity contribution in [2.45, 2.75) is 46.1 Å². The van der Waals surface area contributed by atoms with E-state index in [0.29, 0.717) is 28.6 Å². The second-order valence-corrected chi connectivity index (χ2v) is 9.21. The molecule has 144 valence electrons. The molecule has 1 fully saturated rings. The zero-order chi connectivity index (χ0) is 20.0. The molecule has 2 rings (SSSR count). The van der Waals surface area contributed by atoms with E-state index in [-0.39, 0.29) is 17.4 Å². The van der Waals surface area contributed by atoms with E-state index in [4.69, 9.17) is 12.2 Å². The zero-order valence-corrected chi connectivity index (χ0v) is 17.9. The number of hydrogen-bond acceptors (Lipinski definition) is 4. The minimum atomic E-state index is -0.246. The van der Waals surface area contributed by atoms with Crippen molar-refractivity contribution in [1.82, 2.24) is 10.2 Å². The Hall–Kier alpha value is -1.92. The van der Waals surface area contributed by atoms with Gasteiger partial charge in [-0.1, -0.05) is 60.4 Å². The fourth-order valence-corrected chi connectivity index (χ4v) is 3.99. The fourth-order valence-electron chi connectivity index (χ4n) is 2.63. The lowest BCUT2D eigenvalue weighted by atomic mass is 10.1. The number of carbonyl (C=O) groups excluding carboxylic acids is 2. The molecule has 1 N–H and O–H groups in total. The van der Waals surface area contributed by atoms with Crippen LogP contribution in [0, 0.1) is 0 Å². The fraction of sp³-hybridized carbons (Fsp3) is 0.381. The SMILES string of the molecule is CC(=Cc1ccccc1)C=C1SC(=S)N(CCCC(=O)NC(C)(C)C)C1=O. The number of benzene rings is 1. The Morgan fingerprint density at radius 2 is 1.93 bits per heavy atom. The van der Waals surface area contributed by atoms with Gasteiger partial charge < -0.3 is 5.32 Å². The van der Waals surface area contributed by atoms with Gasteiger partial charge in [0, 0.05) is 18.5 Å². The van der Waals surface area contributed by atoms with Crippen LogP contribution in [0.2, 0.25) is 0 Å². The molecular formula is C21H26N2O2S2. The molecule has 1 aliphatic heterocycles. The van der Waals surface area contributed by atoms with Crippen LogP contribution in [0.25, 0.3) is 6.08 Å². The summed E-state index contributed by atoms with van der Waals surface area (Å²) in [4.78, 5) is 26.8. The van der Waals surface area contributed by atoms with Crippen molar-refractivity contribution in [2.75, 3.05) is 6.54 Å². The first-order chi connectivity index (χ1) is 12.7. The van der Waals surface area contributed by atoms with E-state index in [0.717, 1.165) is 11.1 Å². The summed E-state index contributed by atoms with van der Waals surface area (Å²) in [6.07, 6.45) is 4.86. The summed E-state index contributed by atoms with van der Waals surface area (Å²) in [7, 11) is 0. The molecule has 0 unspecified atom stereocenters. The molecule has 0 aliphatic carbocycles. The van der Waals surface area contributed by atoms with Crippen LogP contribution >= 0.6 is 24.0 Å². The molecule has 0 aromatic heterocycles. The number of nitrogens with one attached hydrogen (secondary N) is 1. The highest BCUT2D eigenvalue weighted by Crippen LogP contribution is 2.32. The van der Waals surface area contributed by atoms with Gasteiger partial charge in [0.25, 0.3) is 5.91 Å². The van der Waals surface area contributed by atoms with Gasteiger partial charge in [0.1, 0.15) is 4.32 Å². The largest absolute Gasteiger partial charge is 0.352 e. The second kappa shape index (κ2) is 9.33. The first kappa shape index (κ1) is 21.4. The van der Waals surface area contributed by atoms with Gasteiger partial charge in [-0.05, 0) is 51.3 Å². The van der Waals surface area contributed by atoms with Gasteiger partial charge in [-0.3, -0.25) is 14.5 Å². The average Bonchev–Trinajstić information content (AvgIpc) is 2.81. The Bertz CT molecular complexity index is 777. The van der Waals surface area contributed by atoms with Crippen LogP contribution in [0.5, 0.6) is 0 Å². The summed E-state index contributed by atoms with van der Waals surface area (Å²) in [6, 6.07) is 9.97. The number of hydrogen-bond donors (Lipinski definition) is 1. The summed E-state index contributed by atoms with van der Waals surface area (Å²) in [5.74, 6) is -0.0906. The molecule has 1 aromatic carbocycles. The second-order valence-electron chi connectivity index (χ2n) is 7.53. The van der Waals surface area contributed by atoms with Gasteiger partial charge in [-0.25, -0.2) is 0 Å². The smallest absolute Gasteiger partial charge is 0.266 e. The van der Waals surface area contributed by atoms with Crippen LogP contribution in [0.1, 0.15) is 46.1 Å². The number of thiocarbonyl (C=S) groups is 1. The minimum Gasteiger partial charge on any atom is -0.352 e. The van der Waals surface area contributed by atoms with Crippen molar-refractivity contribution in [3.8, 4) is 0 Å². The Morgan fingerprint density at radius 1 is 1.26 bits per heavy atom. The van der Waals surface area contributed by atoms with Gasteiger partial charge in [-0.2, -0.15) is 0 Å². The molecule has 6 heteroatoms. The number of rotatable bonds is 6. The molecule has 27 heavy (non-hydrogen) atoms. The molecule has 0 atom stereocenters. The quantitative estimate of drug-likeness (QED) is 0.561. The first-order valence-electron chi connectivity index (χ1n) is 8.95. The molecule has 0 bridgehead atoms. The topological polar surface area (TPSA) is 49.4 Å². The molecule has 1 aliphatic rings. The summed E-state index contributed by atoms with van der Waals surface area (Å²) in [5, 5.41) is 2.93. The van der Waals surface area contributed by atoms with Crippen LogP contribution in [0.15, 0.2) is 46.9 Å². The van der Waals surface area contributed by atoms with E-state index in [9.17, 15) is 9.59 Å². The number of carbonyl (C=O) groups is 2. The van der Waals surface area contributed by atoms with Gasteiger partial charge >= 0.3 is 0 Å². The van der Waals surface area contributed by atoms with Crippen molar-refractivity contribution in [2.24, 2.45) is 0 Å². The van der Waals surface area contributed by atoms with Crippen molar-refractivity contribution in [3.63, 3.8) is 0 Å². The Balaban J connectivity index is 1.94. The third-order valence-corrected chi connectivity index (χ3v) is 5.10. The summed E-state index contributed by atoms with van der Waals surface area (Å²) >= 11 is 6.67. The van der Waals surface area contributed by atoms with Gasteiger partial charge in [0.15, 0.2) is 0 Å².